The van der Waals surface area contributed by atoms with Gasteiger partial charge in [-0.05, 0) is 73.3 Å². The molecular weight excluding hydrogens is 254 g/mol. The van der Waals surface area contributed by atoms with Crippen molar-refractivity contribution in [1.82, 2.24) is 0 Å². The third-order valence-electron chi connectivity index (χ3n) is 4.50. The van der Waals surface area contributed by atoms with Crippen molar-refractivity contribution in [3.63, 3.8) is 0 Å². The van der Waals surface area contributed by atoms with Crippen molar-refractivity contribution in [3.8, 4) is 11.1 Å². The van der Waals surface area contributed by atoms with Crippen LogP contribution in [-0.2, 0) is 19.3 Å². The van der Waals surface area contributed by atoms with Crippen molar-refractivity contribution in [3.05, 3.63) is 59.2 Å². The van der Waals surface area contributed by atoms with Crippen molar-refractivity contribution in [1.29, 1.82) is 0 Å². The van der Waals surface area contributed by atoms with E-state index in [9.17, 15) is 0 Å². The topological polar surface area (TPSA) is 26.0 Å². The van der Waals surface area contributed by atoms with Gasteiger partial charge in [-0.25, -0.2) is 0 Å². The second kappa shape index (κ2) is 6.44. The molecule has 0 spiro atoms. The molecular formula is C20H25N. The van der Waals surface area contributed by atoms with E-state index < -0.39 is 0 Å². The van der Waals surface area contributed by atoms with Crippen LogP contribution in [0.4, 0.5) is 0 Å². The van der Waals surface area contributed by atoms with Crippen LogP contribution in [0.3, 0.4) is 0 Å². The van der Waals surface area contributed by atoms with Gasteiger partial charge in [0.15, 0.2) is 0 Å². The third kappa shape index (κ3) is 3.54. The Labute approximate surface area is 128 Å². The molecule has 2 N–H and O–H groups in total. The Morgan fingerprint density at radius 2 is 1.71 bits per heavy atom. The van der Waals surface area contributed by atoms with E-state index in [2.05, 4.69) is 49.4 Å². The highest BCUT2D eigenvalue weighted by molar-refractivity contribution is 5.66. The standard InChI is InChI=1S/C20H25N/c1-15(21)9-10-16-5-4-8-18(13-16)20-12-11-17-6-2-3-7-19(17)14-20/h4-5,8,11-15H,2-3,6-7,9-10,21H2,1H3. The molecule has 21 heavy (non-hydrogen) atoms. The number of nitrogens with two attached hydrogens (primary N) is 1. The molecule has 0 fully saturated rings. The fraction of sp³-hybridized carbons (Fsp3) is 0.400. The van der Waals surface area contributed by atoms with E-state index in [1.54, 1.807) is 11.1 Å². The molecule has 0 amide bonds. The van der Waals surface area contributed by atoms with E-state index in [1.165, 1.54) is 42.4 Å². The Morgan fingerprint density at radius 3 is 2.52 bits per heavy atom. The molecule has 0 radical (unpaired) electrons. The summed E-state index contributed by atoms with van der Waals surface area (Å²) in [4.78, 5) is 0. The van der Waals surface area contributed by atoms with Gasteiger partial charge >= 0.3 is 0 Å². The third-order valence-corrected chi connectivity index (χ3v) is 4.50. The van der Waals surface area contributed by atoms with E-state index in [1.807, 2.05) is 0 Å². The highest BCUT2D eigenvalue weighted by Gasteiger charge is 2.10. The highest BCUT2D eigenvalue weighted by atomic mass is 14.6. The second-order valence-electron chi connectivity index (χ2n) is 6.41. The van der Waals surface area contributed by atoms with E-state index >= 15 is 0 Å². The summed E-state index contributed by atoms with van der Waals surface area (Å²) in [5.74, 6) is 0. The first kappa shape index (κ1) is 14.3. The summed E-state index contributed by atoms with van der Waals surface area (Å²) in [6.45, 7) is 2.08. The molecule has 1 aliphatic rings. The average Bonchev–Trinajstić information content (AvgIpc) is 2.53. The molecule has 0 heterocycles. The maximum absolute atomic E-state index is 5.87. The summed E-state index contributed by atoms with van der Waals surface area (Å²) in [6, 6.07) is 16.2. The van der Waals surface area contributed by atoms with E-state index in [-0.39, 0.29) is 6.04 Å². The van der Waals surface area contributed by atoms with Crippen LogP contribution in [0.2, 0.25) is 0 Å². The molecule has 3 rings (SSSR count). The highest BCUT2D eigenvalue weighted by Crippen LogP contribution is 2.28. The Kier molecular flexibility index (Phi) is 4.40. The van der Waals surface area contributed by atoms with Crippen LogP contribution < -0.4 is 5.73 Å². The average molecular weight is 279 g/mol. The van der Waals surface area contributed by atoms with Crippen LogP contribution >= 0.6 is 0 Å². The van der Waals surface area contributed by atoms with Gasteiger partial charge in [0.05, 0.1) is 0 Å². The van der Waals surface area contributed by atoms with Gasteiger partial charge in [0, 0.05) is 6.04 Å². The van der Waals surface area contributed by atoms with E-state index in [0.29, 0.717) is 0 Å². The Morgan fingerprint density at radius 1 is 0.952 bits per heavy atom. The molecule has 1 nitrogen and oxygen atoms in total. The van der Waals surface area contributed by atoms with Crippen molar-refractivity contribution in [2.45, 2.75) is 51.5 Å². The van der Waals surface area contributed by atoms with Crippen molar-refractivity contribution < 1.29 is 0 Å². The van der Waals surface area contributed by atoms with Gasteiger partial charge in [-0.15, -0.1) is 0 Å². The molecule has 0 saturated heterocycles. The second-order valence-corrected chi connectivity index (χ2v) is 6.41. The number of benzene rings is 2. The van der Waals surface area contributed by atoms with Crippen molar-refractivity contribution >= 4 is 0 Å². The Bertz CT molecular complexity index is 613. The van der Waals surface area contributed by atoms with Crippen molar-refractivity contribution in [2.75, 3.05) is 0 Å². The number of aryl methyl sites for hydroxylation is 3. The minimum Gasteiger partial charge on any atom is -0.328 e. The lowest BCUT2D eigenvalue weighted by Gasteiger charge is -2.17. The fourth-order valence-electron chi connectivity index (χ4n) is 3.21. The summed E-state index contributed by atoms with van der Waals surface area (Å²) in [7, 11) is 0. The lowest BCUT2D eigenvalue weighted by molar-refractivity contribution is 0.666. The van der Waals surface area contributed by atoms with Gasteiger partial charge in [-0.2, -0.15) is 0 Å². The maximum Gasteiger partial charge on any atom is 0.00136 e. The van der Waals surface area contributed by atoms with Crippen LogP contribution in [-0.4, -0.2) is 6.04 Å². The van der Waals surface area contributed by atoms with Crippen LogP contribution in [0, 0.1) is 0 Å². The number of hydrogen-bond acceptors (Lipinski definition) is 1. The first-order valence-corrected chi connectivity index (χ1v) is 8.19. The summed E-state index contributed by atoms with van der Waals surface area (Å²) < 4.78 is 0. The number of rotatable bonds is 4. The van der Waals surface area contributed by atoms with Gasteiger partial charge in [0.25, 0.3) is 0 Å². The van der Waals surface area contributed by atoms with E-state index in [0.717, 1.165) is 12.8 Å². The quantitative estimate of drug-likeness (QED) is 0.875. The number of hydrogen-bond donors (Lipinski definition) is 1. The smallest absolute Gasteiger partial charge is 0.00136 e. The summed E-state index contributed by atoms with van der Waals surface area (Å²) >= 11 is 0. The molecule has 0 bridgehead atoms. The predicted octanol–water partition coefficient (Wildman–Crippen LogP) is 4.51. The maximum atomic E-state index is 5.87. The van der Waals surface area contributed by atoms with Crippen LogP contribution in [0.25, 0.3) is 11.1 Å². The van der Waals surface area contributed by atoms with Gasteiger partial charge < -0.3 is 5.73 Å². The van der Waals surface area contributed by atoms with Crippen LogP contribution in [0.15, 0.2) is 42.5 Å². The summed E-state index contributed by atoms with van der Waals surface area (Å²) in [5, 5.41) is 0. The van der Waals surface area contributed by atoms with E-state index in [4.69, 9.17) is 5.73 Å². The molecule has 110 valence electrons. The first-order chi connectivity index (χ1) is 10.2. The summed E-state index contributed by atoms with van der Waals surface area (Å²) in [5.41, 5.74) is 13.1. The molecule has 2 aromatic rings. The molecule has 1 atom stereocenters. The van der Waals surface area contributed by atoms with Gasteiger partial charge in [0.2, 0.25) is 0 Å². The molecule has 0 aromatic heterocycles. The number of fused-ring (bicyclic) bond motifs is 1. The molecule has 1 heteroatoms. The monoisotopic (exact) mass is 279 g/mol. The zero-order valence-corrected chi connectivity index (χ0v) is 12.9. The Balaban J connectivity index is 1.84. The normalized spacial score (nSPS) is 15.5. The zero-order valence-electron chi connectivity index (χ0n) is 12.9. The zero-order chi connectivity index (χ0) is 14.7. The van der Waals surface area contributed by atoms with Crippen molar-refractivity contribution in [2.24, 2.45) is 5.73 Å². The van der Waals surface area contributed by atoms with Crippen LogP contribution in [0.1, 0.15) is 42.9 Å². The predicted molar refractivity (Wildman–Crippen MR) is 90.5 cm³/mol. The first-order valence-electron chi connectivity index (χ1n) is 8.19. The molecule has 2 aromatic carbocycles. The lowest BCUT2D eigenvalue weighted by Crippen LogP contribution is -2.15. The minimum atomic E-state index is 0.275. The molecule has 0 saturated carbocycles. The molecule has 0 aliphatic heterocycles. The summed E-state index contributed by atoms with van der Waals surface area (Å²) in [6.07, 6.45) is 7.30. The van der Waals surface area contributed by atoms with Gasteiger partial charge in [-0.1, -0.05) is 42.5 Å². The van der Waals surface area contributed by atoms with Gasteiger partial charge in [-0.3, -0.25) is 0 Å². The largest absolute Gasteiger partial charge is 0.328 e. The Hall–Kier alpha value is -1.60. The van der Waals surface area contributed by atoms with Gasteiger partial charge in [0.1, 0.15) is 0 Å². The fourth-order valence-corrected chi connectivity index (χ4v) is 3.21. The SMILES string of the molecule is CC(N)CCc1cccc(-c2ccc3c(c2)CCCC3)c1. The molecule has 1 unspecified atom stereocenters. The van der Waals surface area contributed by atoms with Crippen LogP contribution in [0.5, 0.6) is 0 Å². The minimum absolute atomic E-state index is 0.275. The lowest BCUT2D eigenvalue weighted by atomic mass is 9.89. The molecule has 1 aliphatic carbocycles.